The van der Waals surface area contributed by atoms with Gasteiger partial charge >= 0.3 is 0 Å². The van der Waals surface area contributed by atoms with Gasteiger partial charge in [0.2, 0.25) is 0 Å². The van der Waals surface area contributed by atoms with Crippen LogP contribution in [-0.2, 0) is 0 Å². The maximum absolute atomic E-state index is 9.39. The summed E-state index contributed by atoms with van der Waals surface area (Å²) in [6, 6.07) is 6.06. The number of rotatable bonds is 3. The molecule has 1 N–H and O–H groups in total. The summed E-state index contributed by atoms with van der Waals surface area (Å²) in [6.07, 6.45) is -0.407. The number of benzene rings is 1. The van der Waals surface area contributed by atoms with Gasteiger partial charge < -0.3 is 5.11 Å². The first-order valence-corrected chi connectivity index (χ1v) is 6.03. The lowest BCUT2D eigenvalue weighted by Crippen LogP contribution is -1.92. The summed E-state index contributed by atoms with van der Waals surface area (Å²) in [4.78, 5) is 1.23. The van der Waals surface area contributed by atoms with E-state index in [4.69, 9.17) is 0 Å². The molecule has 1 nitrogen and oxygen atoms in total. The van der Waals surface area contributed by atoms with Crippen LogP contribution in [0, 0.1) is 0 Å². The quantitative estimate of drug-likeness (QED) is 0.839. The Morgan fingerprint density at radius 2 is 2.23 bits per heavy atom. The van der Waals surface area contributed by atoms with E-state index in [0.29, 0.717) is 0 Å². The molecule has 0 unspecified atom stereocenters. The molecule has 1 rings (SSSR count). The Morgan fingerprint density at radius 1 is 1.54 bits per heavy atom. The Bertz CT molecular complexity index is 286. The topological polar surface area (TPSA) is 20.2 Å². The maximum atomic E-state index is 9.39. The fourth-order valence-corrected chi connectivity index (χ4v) is 2.66. The van der Waals surface area contributed by atoms with Crippen molar-refractivity contribution >= 4 is 27.7 Å². The van der Waals surface area contributed by atoms with Gasteiger partial charge in [-0.05, 0) is 30.4 Å². The van der Waals surface area contributed by atoms with Crippen molar-refractivity contribution in [2.45, 2.75) is 24.8 Å². The number of halogens is 1. The van der Waals surface area contributed by atoms with Crippen LogP contribution in [0.15, 0.2) is 27.6 Å². The lowest BCUT2D eigenvalue weighted by atomic mass is 10.1. The van der Waals surface area contributed by atoms with E-state index in [1.54, 1.807) is 18.7 Å². The molecular weight excluding hydrogens is 248 g/mol. The highest BCUT2D eigenvalue weighted by molar-refractivity contribution is 9.10. The number of hydrogen-bond acceptors (Lipinski definition) is 2. The first-order valence-electron chi connectivity index (χ1n) is 4.25. The van der Waals surface area contributed by atoms with Crippen LogP contribution in [0.3, 0.4) is 0 Å². The van der Waals surface area contributed by atoms with Crippen LogP contribution in [-0.4, -0.2) is 10.9 Å². The van der Waals surface area contributed by atoms with E-state index in [9.17, 15) is 5.11 Å². The predicted molar refractivity (Wildman–Crippen MR) is 61.2 cm³/mol. The maximum Gasteiger partial charge on any atom is 0.0772 e. The van der Waals surface area contributed by atoms with E-state index in [1.807, 2.05) is 12.1 Å². The van der Waals surface area contributed by atoms with Gasteiger partial charge in [0.15, 0.2) is 0 Å². The first-order chi connectivity index (χ1) is 6.15. The molecule has 0 aliphatic carbocycles. The zero-order valence-corrected chi connectivity index (χ0v) is 10.2. The molecule has 3 heteroatoms. The van der Waals surface area contributed by atoms with E-state index in [2.05, 4.69) is 28.9 Å². The van der Waals surface area contributed by atoms with Crippen LogP contribution in [0.4, 0.5) is 0 Å². The monoisotopic (exact) mass is 260 g/mol. The Kier molecular flexibility index (Phi) is 4.29. The van der Waals surface area contributed by atoms with Crippen molar-refractivity contribution in [3.63, 3.8) is 0 Å². The molecule has 0 amide bonds. The van der Waals surface area contributed by atoms with Crippen molar-refractivity contribution < 1.29 is 5.11 Å². The molecule has 1 aromatic rings. The summed E-state index contributed by atoms with van der Waals surface area (Å²) >= 11 is 5.24. The summed E-state index contributed by atoms with van der Waals surface area (Å²) in [7, 11) is 0. The van der Waals surface area contributed by atoms with Crippen molar-refractivity contribution in [2.24, 2.45) is 0 Å². The largest absolute Gasteiger partial charge is 0.389 e. The minimum Gasteiger partial charge on any atom is -0.389 e. The molecule has 72 valence electrons. The highest BCUT2D eigenvalue weighted by Crippen LogP contribution is 2.28. The Hall–Kier alpha value is 0.01000. The fraction of sp³-hybridized carbons (Fsp3) is 0.400. The van der Waals surface area contributed by atoms with Gasteiger partial charge in [0.1, 0.15) is 0 Å². The SMILES string of the molecule is CCSc1ccc([C@@H](C)O)c(Br)c1. The number of hydrogen-bond donors (Lipinski definition) is 1. The van der Waals surface area contributed by atoms with Crippen LogP contribution < -0.4 is 0 Å². The minimum atomic E-state index is -0.407. The van der Waals surface area contributed by atoms with Crippen LogP contribution in [0.25, 0.3) is 0 Å². The molecule has 0 saturated heterocycles. The van der Waals surface area contributed by atoms with Crippen molar-refractivity contribution in [2.75, 3.05) is 5.75 Å². The van der Waals surface area contributed by atoms with Gasteiger partial charge in [-0.3, -0.25) is 0 Å². The van der Waals surface area contributed by atoms with E-state index >= 15 is 0 Å². The molecule has 0 heterocycles. The van der Waals surface area contributed by atoms with Crippen molar-refractivity contribution in [3.05, 3.63) is 28.2 Å². The molecule has 0 radical (unpaired) electrons. The molecule has 1 aromatic carbocycles. The van der Waals surface area contributed by atoms with Crippen molar-refractivity contribution in [3.8, 4) is 0 Å². The van der Waals surface area contributed by atoms with Gasteiger partial charge in [0.25, 0.3) is 0 Å². The Morgan fingerprint density at radius 3 is 2.69 bits per heavy atom. The van der Waals surface area contributed by atoms with Gasteiger partial charge in [-0.25, -0.2) is 0 Å². The van der Waals surface area contributed by atoms with Crippen molar-refractivity contribution in [1.82, 2.24) is 0 Å². The Balaban J connectivity index is 2.92. The number of aliphatic hydroxyl groups is 1. The smallest absolute Gasteiger partial charge is 0.0772 e. The lowest BCUT2D eigenvalue weighted by molar-refractivity contribution is 0.198. The first kappa shape index (κ1) is 11.1. The molecule has 13 heavy (non-hydrogen) atoms. The average molecular weight is 261 g/mol. The third-order valence-electron chi connectivity index (χ3n) is 1.73. The third-order valence-corrected chi connectivity index (χ3v) is 3.30. The predicted octanol–water partition coefficient (Wildman–Crippen LogP) is 3.61. The van der Waals surface area contributed by atoms with E-state index in [1.165, 1.54) is 4.90 Å². The Labute approximate surface area is 91.7 Å². The molecule has 0 spiro atoms. The van der Waals surface area contributed by atoms with Gasteiger partial charge in [0, 0.05) is 9.37 Å². The summed E-state index contributed by atoms with van der Waals surface area (Å²) < 4.78 is 0.987. The average Bonchev–Trinajstić information content (AvgIpc) is 2.04. The lowest BCUT2D eigenvalue weighted by Gasteiger charge is -2.08. The number of aliphatic hydroxyl groups excluding tert-OH is 1. The summed E-state index contributed by atoms with van der Waals surface area (Å²) in [5, 5.41) is 9.39. The van der Waals surface area contributed by atoms with Crippen LogP contribution >= 0.6 is 27.7 Å². The summed E-state index contributed by atoms with van der Waals surface area (Å²) in [5.74, 6) is 1.07. The zero-order chi connectivity index (χ0) is 9.84. The standard InChI is InChI=1S/C10H13BrOS/c1-3-13-8-4-5-9(7(2)12)10(11)6-8/h4-7,12H,3H2,1-2H3/t7-/m1/s1. The molecule has 0 fully saturated rings. The molecule has 1 atom stereocenters. The highest BCUT2D eigenvalue weighted by Gasteiger charge is 2.06. The summed E-state index contributed by atoms with van der Waals surface area (Å²) in [5.41, 5.74) is 0.945. The van der Waals surface area contributed by atoms with Crippen molar-refractivity contribution in [1.29, 1.82) is 0 Å². The van der Waals surface area contributed by atoms with Crippen LogP contribution in [0.5, 0.6) is 0 Å². The molecule has 0 aliphatic heterocycles. The minimum absolute atomic E-state index is 0.407. The normalized spacial score (nSPS) is 12.9. The molecule has 0 saturated carbocycles. The van der Waals surface area contributed by atoms with Gasteiger partial charge in [-0.15, -0.1) is 11.8 Å². The van der Waals surface area contributed by atoms with E-state index in [-0.39, 0.29) is 0 Å². The molecule has 0 bridgehead atoms. The molecular formula is C10H13BrOS. The molecule has 0 aromatic heterocycles. The second-order valence-corrected chi connectivity index (χ2v) is 4.98. The van der Waals surface area contributed by atoms with Crippen LogP contribution in [0.1, 0.15) is 25.5 Å². The number of thioether (sulfide) groups is 1. The third kappa shape index (κ3) is 3.01. The van der Waals surface area contributed by atoms with Gasteiger partial charge in [0.05, 0.1) is 6.10 Å². The van der Waals surface area contributed by atoms with E-state index in [0.717, 1.165) is 15.8 Å². The van der Waals surface area contributed by atoms with Crippen LogP contribution in [0.2, 0.25) is 0 Å². The van der Waals surface area contributed by atoms with Gasteiger partial charge in [-0.1, -0.05) is 28.9 Å². The van der Waals surface area contributed by atoms with E-state index < -0.39 is 6.10 Å². The second kappa shape index (κ2) is 5.03. The zero-order valence-electron chi connectivity index (χ0n) is 7.75. The second-order valence-electron chi connectivity index (χ2n) is 2.79. The highest BCUT2D eigenvalue weighted by atomic mass is 79.9. The van der Waals surface area contributed by atoms with Gasteiger partial charge in [-0.2, -0.15) is 0 Å². The summed E-state index contributed by atoms with van der Waals surface area (Å²) in [6.45, 7) is 3.90. The fourth-order valence-electron chi connectivity index (χ4n) is 1.10. The molecule has 0 aliphatic rings.